The van der Waals surface area contributed by atoms with Gasteiger partial charge >= 0.3 is 37.8 Å². The Morgan fingerprint density at radius 3 is 1.42 bits per heavy atom. The van der Waals surface area contributed by atoms with Crippen molar-refractivity contribution in [2.45, 2.75) is 153 Å². The molecule has 24 nitrogen and oxygen atoms in total. The summed E-state index contributed by atoms with van der Waals surface area (Å²) in [5.41, 5.74) is 15.1. The van der Waals surface area contributed by atoms with E-state index >= 15 is 0 Å². The number of hydrogen-bond acceptors (Lipinski definition) is 20. The van der Waals surface area contributed by atoms with Gasteiger partial charge in [-0.15, -0.1) is 0 Å². The summed E-state index contributed by atoms with van der Waals surface area (Å²) in [6, 6.07) is 47.8. The third-order valence-electron chi connectivity index (χ3n) is 27.5. The number of ether oxygens (including phenoxy) is 9. The van der Waals surface area contributed by atoms with E-state index in [1.54, 1.807) is 98.1 Å². The van der Waals surface area contributed by atoms with Crippen molar-refractivity contribution >= 4 is 101 Å². The minimum absolute atomic E-state index is 0. The number of Topliss-reactive ketones (excluding diaryl/α,β-unsaturated/α-hetero) is 1. The number of aryl methyl sites for hydroxylation is 4. The van der Waals surface area contributed by atoms with Gasteiger partial charge in [0, 0.05) is 137 Å². The molecule has 14 aromatic rings. The molecule has 0 amide bonds. The number of fused-ring (bicyclic) bond motifs is 8. The van der Waals surface area contributed by atoms with Crippen LogP contribution in [-0.2, 0) is 94.6 Å². The van der Waals surface area contributed by atoms with Crippen molar-refractivity contribution in [1.82, 2.24) is 18.3 Å². The van der Waals surface area contributed by atoms with Gasteiger partial charge < -0.3 is 94.9 Å². The van der Waals surface area contributed by atoms with Gasteiger partial charge in [0.2, 0.25) is 0 Å². The molecular formula is C112H135B2BrF5MnN4O20P. The Labute approximate surface area is 870 Å². The molecule has 0 unspecified atom stereocenters. The Morgan fingerprint density at radius 1 is 0.541 bits per heavy atom. The first-order valence-corrected chi connectivity index (χ1v) is 49.9. The zero-order valence-corrected chi connectivity index (χ0v) is 88.3. The van der Waals surface area contributed by atoms with Crippen LogP contribution >= 0.6 is 23.5 Å². The molecule has 0 bridgehead atoms. The number of carbonyl (C=O) groups excluding carboxylic acids is 1. The van der Waals surface area contributed by atoms with Crippen molar-refractivity contribution < 1.29 is 132 Å². The maximum atomic E-state index is 13.5. The summed E-state index contributed by atoms with van der Waals surface area (Å²) >= 11 is 2.05. The first-order chi connectivity index (χ1) is 67.6. The predicted octanol–water partition coefficient (Wildman–Crippen LogP) is 26.0. The maximum absolute atomic E-state index is 13.5. The van der Waals surface area contributed by atoms with Crippen LogP contribution < -0.4 is 42.5 Å². The molecule has 6 atom stereocenters. The molecule has 18 rings (SSSR count). The summed E-state index contributed by atoms with van der Waals surface area (Å²) in [5.74, 6) is 6.24. The number of aliphatic hydroxyl groups is 2. The number of aromatic nitrogens is 4. The third kappa shape index (κ3) is 26.8. The second-order valence-corrected chi connectivity index (χ2v) is 40.3. The van der Waals surface area contributed by atoms with E-state index in [1.807, 2.05) is 140 Å². The zero-order valence-electron chi connectivity index (χ0n) is 84.6. The number of hydrogen-bond donors (Lipinski definition) is 4. The average molecular weight is 2140 g/mol. The molecule has 2 aliphatic carbocycles. The van der Waals surface area contributed by atoms with Gasteiger partial charge in [0.1, 0.15) is 69.0 Å². The van der Waals surface area contributed by atoms with E-state index in [1.165, 1.54) is 60.7 Å². The number of methoxy groups -OCH3 is 6. The summed E-state index contributed by atoms with van der Waals surface area (Å²) in [7, 11) is 14.9. The van der Waals surface area contributed by atoms with Crippen LogP contribution in [-0.4, -0.2) is 140 Å². The SMILES string of the molecule is C.C.CCOP(=O)(Cc1cc2c(c(OCOC)c1)O[C@]1(C)CC[C@@H](C)C(C)(C)[C@H]1C2)OCC.COc1cc(/C=C/c2cc(O)c3c(c2)C[C@@H]2C(C)(C)[C@H](O)CC[C@@]2(C)O3)cc2c1c(-c1ccc(F)cc1)cn2C.COc1cc(C(C)=O)cc2c1c(Br)cn2C.COc1cc(CO)cc2c1c(-c1ccc(F)cc1)cn2C.COc1cc(OC)c2c(-c3ccc(F)cc3)cn(C)c2c1.F.O[B]Oc1ccc(F)cc1.[2HH].[B].[O]=[Mn]=[O]. The molecular weight excluding hydrogens is 2000 g/mol. The van der Waals surface area contributed by atoms with Crippen LogP contribution in [0.5, 0.6) is 57.5 Å². The molecule has 6 heterocycles. The zero-order chi connectivity index (χ0) is 103. The van der Waals surface area contributed by atoms with E-state index in [9.17, 15) is 42.2 Å². The van der Waals surface area contributed by atoms with E-state index in [0.717, 1.165) is 176 Å². The van der Waals surface area contributed by atoms with Crippen LogP contribution in [0.15, 0.2) is 199 Å². The van der Waals surface area contributed by atoms with Crippen molar-refractivity contribution in [2.24, 2.45) is 56.8 Å². The number of aromatic hydroxyl groups is 1. The van der Waals surface area contributed by atoms with E-state index in [2.05, 4.69) is 87.2 Å². The Bertz CT molecular complexity index is 6800. The first kappa shape index (κ1) is 119. The molecule has 146 heavy (non-hydrogen) atoms. The number of rotatable bonds is 23. The molecule has 2 saturated carbocycles. The number of phenolic OH excluding ortho intramolecular Hbond substituents is 1. The van der Waals surface area contributed by atoms with Gasteiger partial charge in [0.05, 0.1) is 95.1 Å². The average Bonchev–Trinajstić information content (AvgIpc) is 1.58. The van der Waals surface area contributed by atoms with E-state index in [0.29, 0.717) is 67.7 Å². The van der Waals surface area contributed by atoms with Crippen molar-refractivity contribution in [3.8, 4) is 90.9 Å². The second kappa shape index (κ2) is 51.7. The van der Waals surface area contributed by atoms with Crippen LogP contribution in [0, 0.1) is 51.9 Å². The first-order valence-electron chi connectivity index (χ1n) is 46.4. The molecule has 4 aromatic heterocycles. The van der Waals surface area contributed by atoms with Crippen LogP contribution in [0.4, 0.5) is 22.3 Å². The predicted molar refractivity (Wildman–Crippen MR) is 569 cm³/mol. The fourth-order valence-corrected chi connectivity index (χ4v) is 22.1. The van der Waals surface area contributed by atoms with Crippen LogP contribution in [0.2, 0.25) is 0 Å². The third-order valence-corrected chi connectivity index (χ3v) is 30.1. The number of ketones is 1. The Morgan fingerprint density at radius 2 is 0.959 bits per heavy atom. The van der Waals surface area contributed by atoms with Crippen molar-refractivity contribution in [2.75, 3.05) is 62.7 Å². The molecule has 0 saturated heterocycles. The second-order valence-electron chi connectivity index (χ2n) is 37.2. The van der Waals surface area contributed by atoms with E-state index in [-0.39, 0.29) is 112 Å². The summed E-state index contributed by atoms with van der Waals surface area (Å²) < 4.78 is 158. The number of carbonyl (C=O) groups is 1. The van der Waals surface area contributed by atoms with Gasteiger partial charge in [-0.25, -0.2) is 17.6 Å². The summed E-state index contributed by atoms with van der Waals surface area (Å²) in [6.07, 6.45) is 17.1. The van der Waals surface area contributed by atoms with E-state index < -0.39 is 28.0 Å². The van der Waals surface area contributed by atoms with Crippen LogP contribution in [0.25, 0.3) is 89.1 Å². The van der Waals surface area contributed by atoms with Gasteiger partial charge in [-0.3, -0.25) is 14.1 Å². The van der Waals surface area contributed by atoms with Crippen molar-refractivity contribution in [3.05, 3.63) is 261 Å². The van der Waals surface area contributed by atoms with E-state index in [4.69, 9.17) is 64.4 Å². The monoisotopic (exact) mass is 2140 g/mol. The number of phenols is 1. The quantitative estimate of drug-likeness (QED) is 0.0116. The van der Waals surface area contributed by atoms with Gasteiger partial charge in [-0.1, -0.05) is 104 Å². The van der Waals surface area contributed by atoms with Gasteiger partial charge in [-0.2, -0.15) is 0 Å². The summed E-state index contributed by atoms with van der Waals surface area (Å²) in [6.45, 7) is 21.6. The van der Waals surface area contributed by atoms with Gasteiger partial charge in [0.15, 0.2) is 35.6 Å². The fraction of sp³-hybridized carbons (Fsp3) is 0.366. The summed E-state index contributed by atoms with van der Waals surface area (Å²) in [5, 5.41) is 43.1. The number of nitrogens with zero attached hydrogens (tertiary/aromatic N) is 4. The topological polar surface area (TPSA) is 280 Å². The standard InChI is InChI=1S/C34H36FNO4.C24H39O6P.2C17H16FNO2.C12H12BrNO2.C6H5BFO2.2CH4.B.FH.Mn.2O.H2/c1-33(2)29-18-23-14-20(16-27(37)32(23)40-34(29,3)13-12-30(33)38)6-7-21-15-26-31(28(17-21)39-5)25(19-36(26)4)22-8-10-24(35)11-9-22;1-8-28-31(25,29-9-2)15-18-12-19-14-21-23(4,5)17(3)10-11-24(21,6)30-22(19)20(13-18)27-16-26-7;1-19-10-14(11-4-6-12(18)7-5-11)17-15(19)8-13(20-2)9-16(17)21-3;1-19-9-14(12-3-5-13(18)6-4-12)17-15(19)7-11(10-20)8-16(17)21-2;1-7(15)8-4-10-12(11(5-8)16-3)9(13)6-14(10)2;8-5-1-3-6(4-2-5)10-7-9;;;;;;;;/h6-11,14-17,19,29-30,37-38H,12-13,18H2,1-5H3;12-13,17,21H,8-11,14-16H2,1-7H3;4-10H,1-3H3;3-9,20H,10H2,1-2H3;4-6H,1-3H3;1-4,9H;2*1H4;;1H;;;;1H/b7-6+;;;;;;;;;;;;;/t29-,30-,34-;17-,21-,24-;;;;;;;;;;;;/m11............/s1/i;;;;;;;;;;;;;1+1. The van der Waals surface area contributed by atoms with Crippen LogP contribution in [0.3, 0.4) is 0 Å². The molecule has 4 N–H and O–H groups in total. The Hall–Kier alpha value is -11.9. The Balaban J connectivity index is 0.000000246. The molecule has 10 aromatic carbocycles. The molecule has 783 valence electrons. The molecule has 0 spiro atoms. The number of halogens is 6. The molecule has 4 radical (unpaired) electrons. The Kier molecular flexibility index (Phi) is 42.2. The fourth-order valence-electron chi connectivity index (χ4n) is 19.8. The van der Waals surface area contributed by atoms with Crippen molar-refractivity contribution in [3.63, 3.8) is 0 Å². The van der Waals surface area contributed by atoms with Crippen LogP contribution in [0.1, 0.15) is 155 Å². The van der Waals surface area contributed by atoms with Gasteiger partial charge in [-0.05, 0) is 271 Å². The summed E-state index contributed by atoms with van der Waals surface area (Å²) in [4.78, 5) is 11.4. The molecule has 34 heteroatoms. The number of benzene rings is 10. The molecule has 2 fully saturated rings. The molecule has 4 aliphatic rings. The number of aliphatic hydroxyl groups excluding tert-OH is 2. The normalized spacial score (nSPS) is 17.3. The molecule has 2 aliphatic heterocycles. The van der Waals surface area contributed by atoms with Crippen molar-refractivity contribution in [1.29, 1.82) is 0 Å². The van der Waals surface area contributed by atoms with Gasteiger partial charge in [0.25, 0.3) is 0 Å². The minimum atomic E-state index is -3.23.